The van der Waals surface area contributed by atoms with Crippen LogP contribution in [0.2, 0.25) is 0 Å². The minimum Gasteiger partial charge on any atom is -0.372 e. The first-order valence-electron chi connectivity index (χ1n) is 6.85. The largest absolute Gasteiger partial charge is 0.372 e. The summed E-state index contributed by atoms with van der Waals surface area (Å²) >= 11 is 0. The number of halogens is 1. The SMILES string of the molecule is CCNCc1cc(F)cc(N(C)C(CC)CC)c1. The molecular weight excluding hydrogens is 227 g/mol. The maximum absolute atomic E-state index is 13.6. The summed E-state index contributed by atoms with van der Waals surface area (Å²) in [6, 6.07) is 5.77. The summed E-state index contributed by atoms with van der Waals surface area (Å²) in [6.45, 7) is 8.01. The minimum absolute atomic E-state index is 0.154. The molecule has 1 rings (SSSR count). The monoisotopic (exact) mass is 252 g/mol. The third kappa shape index (κ3) is 3.98. The number of rotatable bonds is 7. The molecule has 0 fully saturated rings. The maximum Gasteiger partial charge on any atom is 0.125 e. The lowest BCUT2D eigenvalue weighted by Crippen LogP contribution is -2.30. The molecule has 0 radical (unpaired) electrons. The van der Waals surface area contributed by atoms with Gasteiger partial charge < -0.3 is 10.2 Å². The number of anilines is 1. The van der Waals surface area contributed by atoms with Gasteiger partial charge in [0.25, 0.3) is 0 Å². The van der Waals surface area contributed by atoms with Crippen molar-refractivity contribution in [1.82, 2.24) is 5.32 Å². The van der Waals surface area contributed by atoms with E-state index in [1.165, 1.54) is 0 Å². The van der Waals surface area contributed by atoms with Crippen molar-refractivity contribution in [3.8, 4) is 0 Å². The van der Waals surface area contributed by atoms with Gasteiger partial charge in [-0.2, -0.15) is 0 Å². The van der Waals surface area contributed by atoms with E-state index >= 15 is 0 Å². The van der Waals surface area contributed by atoms with E-state index in [4.69, 9.17) is 0 Å². The van der Waals surface area contributed by atoms with Gasteiger partial charge in [-0.25, -0.2) is 4.39 Å². The second-order valence-electron chi connectivity index (χ2n) is 4.68. The van der Waals surface area contributed by atoms with Crippen molar-refractivity contribution < 1.29 is 4.39 Å². The Bertz CT molecular complexity index is 362. The molecule has 0 saturated carbocycles. The second kappa shape index (κ2) is 7.37. The van der Waals surface area contributed by atoms with Crippen molar-refractivity contribution in [2.24, 2.45) is 0 Å². The van der Waals surface area contributed by atoms with E-state index in [9.17, 15) is 4.39 Å². The van der Waals surface area contributed by atoms with Gasteiger partial charge in [0.05, 0.1) is 0 Å². The maximum atomic E-state index is 13.6. The molecule has 0 atom stereocenters. The molecule has 0 saturated heterocycles. The molecular formula is C15H25FN2. The summed E-state index contributed by atoms with van der Waals surface area (Å²) in [7, 11) is 2.05. The summed E-state index contributed by atoms with van der Waals surface area (Å²) in [5.74, 6) is -0.154. The summed E-state index contributed by atoms with van der Waals surface area (Å²) < 4.78 is 13.6. The topological polar surface area (TPSA) is 15.3 Å². The highest BCUT2D eigenvalue weighted by Crippen LogP contribution is 2.21. The number of nitrogens with zero attached hydrogens (tertiary/aromatic N) is 1. The van der Waals surface area contributed by atoms with Gasteiger partial charge in [0.15, 0.2) is 0 Å². The summed E-state index contributed by atoms with van der Waals surface area (Å²) in [5.41, 5.74) is 1.97. The first kappa shape index (κ1) is 15.0. The molecule has 2 nitrogen and oxygen atoms in total. The molecule has 0 amide bonds. The van der Waals surface area contributed by atoms with E-state index < -0.39 is 0 Å². The minimum atomic E-state index is -0.154. The molecule has 0 spiro atoms. The predicted octanol–water partition coefficient (Wildman–Crippen LogP) is 3.56. The molecule has 0 aromatic heterocycles. The molecule has 1 N–H and O–H groups in total. The second-order valence-corrected chi connectivity index (χ2v) is 4.68. The smallest absolute Gasteiger partial charge is 0.125 e. The average Bonchev–Trinajstić information content (AvgIpc) is 2.37. The fourth-order valence-electron chi connectivity index (χ4n) is 2.26. The van der Waals surface area contributed by atoms with Crippen LogP contribution >= 0.6 is 0 Å². The Labute approximate surface area is 110 Å². The highest BCUT2D eigenvalue weighted by Gasteiger charge is 2.12. The Morgan fingerprint density at radius 2 is 1.83 bits per heavy atom. The molecule has 0 heterocycles. The number of hydrogen-bond acceptors (Lipinski definition) is 2. The van der Waals surface area contributed by atoms with Crippen LogP contribution in [0, 0.1) is 5.82 Å². The van der Waals surface area contributed by atoms with Gasteiger partial charge in [0.1, 0.15) is 5.82 Å². The molecule has 102 valence electrons. The van der Waals surface area contributed by atoms with Crippen LogP contribution in [0.4, 0.5) is 10.1 Å². The Kier molecular flexibility index (Phi) is 6.13. The number of hydrogen-bond donors (Lipinski definition) is 1. The van der Waals surface area contributed by atoms with Gasteiger partial charge in [0, 0.05) is 25.3 Å². The van der Waals surface area contributed by atoms with E-state index in [1.807, 2.05) is 7.05 Å². The van der Waals surface area contributed by atoms with Crippen molar-refractivity contribution >= 4 is 5.69 Å². The van der Waals surface area contributed by atoms with Gasteiger partial charge in [-0.05, 0) is 43.1 Å². The Morgan fingerprint density at radius 3 is 2.39 bits per heavy atom. The van der Waals surface area contributed by atoms with Gasteiger partial charge in [-0.15, -0.1) is 0 Å². The van der Waals surface area contributed by atoms with Crippen molar-refractivity contribution in [2.45, 2.75) is 46.2 Å². The Balaban J connectivity index is 2.90. The molecule has 0 unspecified atom stereocenters. The van der Waals surface area contributed by atoms with Gasteiger partial charge in [-0.1, -0.05) is 20.8 Å². The average molecular weight is 252 g/mol. The zero-order chi connectivity index (χ0) is 13.5. The molecule has 18 heavy (non-hydrogen) atoms. The highest BCUT2D eigenvalue weighted by atomic mass is 19.1. The van der Waals surface area contributed by atoms with E-state index in [0.29, 0.717) is 6.04 Å². The molecule has 3 heteroatoms. The van der Waals surface area contributed by atoms with Crippen molar-refractivity contribution in [2.75, 3.05) is 18.5 Å². The van der Waals surface area contributed by atoms with E-state index in [2.05, 4.69) is 37.1 Å². The van der Waals surface area contributed by atoms with Crippen LogP contribution in [0.15, 0.2) is 18.2 Å². The summed E-state index contributed by atoms with van der Waals surface area (Å²) in [5, 5.41) is 3.23. The van der Waals surface area contributed by atoms with Crippen LogP contribution in [0.3, 0.4) is 0 Å². The van der Waals surface area contributed by atoms with Crippen LogP contribution in [0.5, 0.6) is 0 Å². The number of nitrogens with one attached hydrogen (secondary N) is 1. The third-order valence-electron chi connectivity index (χ3n) is 3.42. The van der Waals surface area contributed by atoms with Crippen LogP contribution in [-0.4, -0.2) is 19.6 Å². The first-order valence-corrected chi connectivity index (χ1v) is 6.85. The Morgan fingerprint density at radius 1 is 1.17 bits per heavy atom. The third-order valence-corrected chi connectivity index (χ3v) is 3.42. The van der Waals surface area contributed by atoms with E-state index in [0.717, 1.165) is 37.2 Å². The predicted molar refractivity (Wildman–Crippen MR) is 76.6 cm³/mol. The lowest BCUT2D eigenvalue weighted by atomic mass is 10.1. The molecule has 0 aliphatic carbocycles. The fraction of sp³-hybridized carbons (Fsp3) is 0.600. The Hall–Kier alpha value is -1.09. The van der Waals surface area contributed by atoms with Crippen LogP contribution in [-0.2, 0) is 6.54 Å². The fourth-order valence-corrected chi connectivity index (χ4v) is 2.26. The van der Waals surface area contributed by atoms with Crippen LogP contribution in [0.1, 0.15) is 39.2 Å². The zero-order valence-corrected chi connectivity index (χ0v) is 12.0. The summed E-state index contributed by atoms with van der Waals surface area (Å²) in [6.07, 6.45) is 2.15. The van der Waals surface area contributed by atoms with Crippen molar-refractivity contribution in [1.29, 1.82) is 0 Å². The summed E-state index contributed by atoms with van der Waals surface area (Å²) in [4.78, 5) is 2.18. The highest BCUT2D eigenvalue weighted by molar-refractivity contribution is 5.49. The number of benzene rings is 1. The van der Waals surface area contributed by atoms with Crippen molar-refractivity contribution in [3.63, 3.8) is 0 Å². The molecule has 0 aliphatic heterocycles. The van der Waals surface area contributed by atoms with Gasteiger partial charge >= 0.3 is 0 Å². The normalized spacial score (nSPS) is 11.0. The zero-order valence-electron chi connectivity index (χ0n) is 12.0. The van der Waals surface area contributed by atoms with Gasteiger partial charge in [0.2, 0.25) is 0 Å². The first-order chi connectivity index (χ1) is 8.62. The van der Waals surface area contributed by atoms with Gasteiger partial charge in [-0.3, -0.25) is 0 Å². The lowest BCUT2D eigenvalue weighted by molar-refractivity contribution is 0.584. The van der Waals surface area contributed by atoms with Crippen LogP contribution < -0.4 is 10.2 Å². The van der Waals surface area contributed by atoms with E-state index in [-0.39, 0.29) is 5.82 Å². The lowest BCUT2D eigenvalue weighted by Gasteiger charge is -2.29. The van der Waals surface area contributed by atoms with E-state index in [1.54, 1.807) is 12.1 Å². The molecule has 1 aromatic carbocycles. The van der Waals surface area contributed by atoms with Crippen LogP contribution in [0.25, 0.3) is 0 Å². The molecule has 1 aromatic rings. The molecule has 0 aliphatic rings. The molecule has 0 bridgehead atoms. The quantitative estimate of drug-likeness (QED) is 0.798. The standard InChI is InChI=1S/C15H25FN2/c1-5-14(6-2)18(4)15-9-12(11-17-7-3)8-13(16)10-15/h8-10,14,17H,5-7,11H2,1-4H3. The van der Waals surface area contributed by atoms with Crippen molar-refractivity contribution in [3.05, 3.63) is 29.6 Å².